The van der Waals surface area contributed by atoms with Gasteiger partial charge in [0.15, 0.2) is 5.89 Å². The maximum atomic E-state index is 5.26. The van der Waals surface area contributed by atoms with Crippen molar-refractivity contribution < 1.29 is 4.42 Å². The molecule has 0 aliphatic rings. The van der Waals surface area contributed by atoms with Crippen molar-refractivity contribution in [2.75, 3.05) is 5.32 Å². The van der Waals surface area contributed by atoms with Crippen LogP contribution >= 0.6 is 0 Å². The van der Waals surface area contributed by atoms with E-state index in [1.807, 2.05) is 60.3 Å². The summed E-state index contributed by atoms with van der Waals surface area (Å²) in [5.74, 6) is 0.666. The molecule has 0 amide bonds. The fraction of sp³-hybridized carbons (Fsp3) is 0.150. The van der Waals surface area contributed by atoms with Crippen LogP contribution in [0.15, 0.2) is 65.4 Å². The number of oxazole rings is 1. The minimum atomic E-state index is 0.605. The highest BCUT2D eigenvalue weighted by Gasteiger charge is 2.06. The van der Waals surface area contributed by atoms with Crippen molar-refractivity contribution in [3.63, 3.8) is 0 Å². The van der Waals surface area contributed by atoms with Gasteiger partial charge in [0.2, 0.25) is 0 Å². The molecule has 0 radical (unpaired) electrons. The quantitative estimate of drug-likeness (QED) is 0.588. The molecule has 130 valence electrons. The molecule has 0 aliphatic heterocycles. The van der Waals surface area contributed by atoms with Crippen molar-refractivity contribution in [1.82, 2.24) is 20.0 Å². The van der Waals surface area contributed by atoms with Crippen molar-refractivity contribution in [1.29, 1.82) is 0 Å². The van der Waals surface area contributed by atoms with Crippen molar-refractivity contribution in [2.45, 2.75) is 20.4 Å². The molecular formula is C20H19N5O. The van der Waals surface area contributed by atoms with Gasteiger partial charge in [0.05, 0.1) is 18.4 Å². The second-order valence-corrected chi connectivity index (χ2v) is 6.12. The molecule has 6 heteroatoms. The zero-order chi connectivity index (χ0) is 17.9. The standard InChI is InChI=1S/C20H19N5O/c1-14-5-3-4-6-20(14)25-12-18(23-24-25)11-21-17-9-7-16(8-10-17)19-13-26-15(2)22-19/h3-10,12-13,21H,11H2,1-2H3. The van der Waals surface area contributed by atoms with Gasteiger partial charge in [-0.1, -0.05) is 35.5 Å². The van der Waals surface area contributed by atoms with Crippen LogP contribution in [-0.2, 0) is 6.54 Å². The van der Waals surface area contributed by atoms with Crippen LogP contribution in [0.4, 0.5) is 5.69 Å². The Kier molecular flexibility index (Phi) is 4.23. The molecule has 0 saturated carbocycles. The molecule has 2 aromatic carbocycles. The maximum Gasteiger partial charge on any atom is 0.191 e. The first kappa shape index (κ1) is 16.1. The molecule has 2 aromatic heterocycles. The number of anilines is 1. The number of para-hydroxylation sites is 1. The van der Waals surface area contributed by atoms with Crippen molar-refractivity contribution in [3.05, 3.63) is 78.1 Å². The van der Waals surface area contributed by atoms with Crippen molar-refractivity contribution >= 4 is 5.69 Å². The summed E-state index contributed by atoms with van der Waals surface area (Å²) < 4.78 is 7.07. The van der Waals surface area contributed by atoms with Gasteiger partial charge in [-0.25, -0.2) is 9.67 Å². The lowest BCUT2D eigenvalue weighted by Crippen LogP contribution is -1.99. The van der Waals surface area contributed by atoms with E-state index in [-0.39, 0.29) is 0 Å². The molecular weight excluding hydrogens is 326 g/mol. The van der Waals surface area contributed by atoms with E-state index >= 15 is 0 Å². The van der Waals surface area contributed by atoms with E-state index in [0.717, 1.165) is 33.9 Å². The number of aromatic nitrogens is 4. The molecule has 0 aliphatic carbocycles. The average molecular weight is 345 g/mol. The van der Waals surface area contributed by atoms with E-state index in [1.54, 1.807) is 6.26 Å². The molecule has 0 atom stereocenters. The Labute approximate surface area is 151 Å². The molecule has 1 N–H and O–H groups in total. The molecule has 6 nitrogen and oxygen atoms in total. The average Bonchev–Trinajstić information content (AvgIpc) is 3.30. The lowest BCUT2D eigenvalue weighted by molar-refractivity contribution is 0.521. The summed E-state index contributed by atoms with van der Waals surface area (Å²) in [6, 6.07) is 16.2. The highest BCUT2D eigenvalue weighted by Crippen LogP contribution is 2.21. The second-order valence-electron chi connectivity index (χ2n) is 6.12. The van der Waals surface area contributed by atoms with Gasteiger partial charge in [-0.2, -0.15) is 0 Å². The van der Waals surface area contributed by atoms with Gasteiger partial charge in [-0.3, -0.25) is 0 Å². The molecule has 4 aromatic rings. The SMILES string of the molecule is Cc1nc(-c2ccc(NCc3cn(-c4ccccc4C)nn3)cc2)co1. The normalized spacial score (nSPS) is 10.8. The molecule has 4 rings (SSSR count). The van der Waals surface area contributed by atoms with Crippen LogP contribution in [0, 0.1) is 13.8 Å². The highest BCUT2D eigenvalue weighted by atomic mass is 16.3. The minimum Gasteiger partial charge on any atom is -0.449 e. The summed E-state index contributed by atoms with van der Waals surface area (Å²) >= 11 is 0. The van der Waals surface area contributed by atoms with Crippen LogP contribution < -0.4 is 5.32 Å². The van der Waals surface area contributed by atoms with Gasteiger partial charge < -0.3 is 9.73 Å². The van der Waals surface area contributed by atoms with Gasteiger partial charge in [0, 0.05) is 18.2 Å². The maximum absolute atomic E-state index is 5.26. The third kappa shape index (κ3) is 3.35. The smallest absolute Gasteiger partial charge is 0.191 e. The zero-order valence-corrected chi connectivity index (χ0v) is 14.7. The van der Waals surface area contributed by atoms with E-state index in [4.69, 9.17) is 4.42 Å². The molecule has 2 heterocycles. The lowest BCUT2D eigenvalue weighted by atomic mass is 10.1. The van der Waals surface area contributed by atoms with Gasteiger partial charge in [-0.05, 0) is 30.7 Å². The number of hydrogen-bond acceptors (Lipinski definition) is 5. The summed E-state index contributed by atoms with van der Waals surface area (Å²) in [4.78, 5) is 4.33. The van der Waals surface area contributed by atoms with Gasteiger partial charge in [-0.15, -0.1) is 5.10 Å². The molecule has 0 fully saturated rings. The zero-order valence-electron chi connectivity index (χ0n) is 14.7. The summed E-state index contributed by atoms with van der Waals surface area (Å²) in [6.07, 6.45) is 3.61. The predicted octanol–water partition coefficient (Wildman–Crippen LogP) is 4.15. The first-order valence-electron chi connectivity index (χ1n) is 8.43. The Bertz CT molecular complexity index is 1020. The van der Waals surface area contributed by atoms with Crippen LogP contribution in [0.2, 0.25) is 0 Å². The summed E-state index contributed by atoms with van der Waals surface area (Å²) in [6.45, 7) is 4.50. The number of aryl methyl sites for hydroxylation is 2. The fourth-order valence-electron chi connectivity index (χ4n) is 2.77. The number of rotatable bonds is 5. The third-order valence-electron chi connectivity index (χ3n) is 4.18. The Morgan fingerprint density at radius 2 is 1.85 bits per heavy atom. The number of nitrogens with one attached hydrogen (secondary N) is 1. The summed E-state index contributed by atoms with van der Waals surface area (Å²) in [7, 11) is 0. The van der Waals surface area contributed by atoms with Gasteiger partial charge >= 0.3 is 0 Å². The van der Waals surface area contributed by atoms with E-state index in [1.165, 1.54) is 0 Å². The molecule has 26 heavy (non-hydrogen) atoms. The Morgan fingerprint density at radius 1 is 1.04 bits per heavy atom. The number of hydrogen-bond donors (Lipinski definition) is 1. The largest absolute Gasteiger partial charge is 0.449 e. The highest BCUT2D eigenvalue weighted by molar-refractivity contribution is 5.61. The monoisotopic (exact) mass is 345 g/mol. The van der Waals surface area contributed by atoms with E-state index in [0.29, 0.717) is 12.4 Å². The number of benzene rings is 2. The van der Waals surface area contributed by atoms with Crippen LogP contribution in [-0.4, -0.2) is 20.0 Å². The summed E-state index contributed by atoms with van der Waals surface area (Å²) in [5, 5.41) is 11.8. The van der Waals surface area contributed by atoms with E-state index < -0.39 is 0 Å². The minimum absolute atomic E-state index is 0.605. The second kappa shape index (κ2) is 6.84. The molecule has 0 saturated heterocycles. The van der Waals surface area contributed by atoms with E-state index in [9.17, 15) is 0 Å². The van der Waals surface area contributed by atoms with Crippen LogP contribution in [0.1, 0.15) is 17.1 Å². The van der Waals surface area contributed by atoms with Crippen LogP contribution in [0.3, 0.4) is 0 Å². The third-order valence-corrected chi connectivity index (χ3v) is 4.18. The van der Waals surface area contributed by atoms with Gasteiger partial charge in [0.1, 0.15) is 17.7 Å². The Morgan fingerprint density at radius 3 is 2.58 bits per heavy atom. The Hall–Kier alpha value is -3.41. The van der Waals surface area contributed by atoms with Crippen LogP contribution in [0.25, 0.3) is 16.9 Å². The van der Waals surface area contributed by atoms with Crippen LogP contribution in [0.5, 0.6) is 0 Å². The van der Waals surface area contributed by atoms with Crippen molar-refractivity contribution in [3.8, 4) is 16.9 Å². The predicted molar refractivity (Wildman–Crippen MR) is 100 cm³/mol. The topological polar surface area (TPSA) is 68.8 Å². The number of nitrogens with zero attached hydrogens (tertiary/aromatic N) is 4. The fourth-order valence-corrected chi connectivity index (χ4v) is 2.77. The molecule has 0 bridgehead atoms. The molecule has 0 unspecified atom stereocenters. The first-order chi connectivity index (χ1) is 12.7. The van der Waals surface area contributed by atoms with E-state index in [2.05, 4.69) is 33.6 Å². The first-order valence-corrected chi connectivity index (χ1v) is 8.43. The Balaban J connectivity index is 1.42. The van der Waals surface area contributed by atoms with Crippen molar-refractivity contribution in [2.24, 2.45) is 0 Å². The van der Waals surface area contributed by atoms with Gasteiger partial charge in [0.25, 0.3) is 0 Å². The lowest BCUT2D eigenvalue weighted by Gasteiger charge is -2.05. The molecule has 0 spiro atoms. The summed E-state index contributed by atoms with van der Waals surface area (Å²) in [5.41, 5.74) is 5.96.